The number of nitrogens with zero attached hydrogens (tertiary/aromatic N) is 1. The zero-order valence-corrected chi connectivity index (χ0v) is 10.3. The molecule has 6 nitrogen and oxygen atoms in total. The number of rotatable bonds is 3. The number of ether oxygens (including phenoxy) is 1. The van der Waals surface area contributed by atoms with Crippen LogP contribution in [0, 0.1) is 0 Å². The standard InChI is InChI=1S/C11H10N2O4S/c1-18(15,16)9-4-2-8(3-5-9)17-11-6-10(14)12-7-13-11/h2-7H,1H3,(H,12,13,14). The third-order valence-corrected chi connectivity index (χ3v) is 3.26. The van der Waals surface area contributed by atoms with E-state index in [1.165, 1.54) is 36.7 Å². The SMILES string of the molecule is CS(=O)(=O)c1ccc(Oc2cc(=O)[nH]cn2)cc1. The second-order valence-electron chi connectivity index (χ2n) is 3.59. The van der Waals surface area contributed by atoms with Crippen LogP contribution in [0.15, 0.2) is 46.3 Å². The largest absolute Gasteiger partial charge is 0.439 e. The van der Waals surface area contributed by atoms with Crippen molar-refractivity contribution < 1.29 is 13.2 Å². The molecule has 1 aromatic heterocycles. The molecule has 0 unspecified atom stereocenters. The first-order chi connectivity index (χ1) is 8.45. The van der Waals surface area contributed by atoms with Crippen LogP contribution in [-0.2, 0) is 9.84 Å². The predicted molar refractivity (Wildman–Crippen MR) is 64.5 cm³/mol. The molecule has 1 heterocycles. The number of nitrogens with one attached hydrogen (secondary N) is 1. The summed E-state index contributed by atoms with van der Waals surface area (Å²) in [6.45, 7) is 0. The lowest BCUT2D eigenvalue weighted by Crippen LogP contribution is -2.04. The van der Waals surface area contributed by atoms with E-state index >= 15 is 0 Å². The van der Waals surface area contributed by atoms with Crippen LogP contribution in [0.5, 0.6) is 11.6 Å². The van der Waals surface area contributed by atoms with Crippen LogP contribution in [0.2, 0.25) is 0 Å². The first-order valence-electron chi connectivity index (χ1n) is 4.98. The number of aromatic amines is 1. The lowest BCUT2D eigenvalue weighted by atomic mass is 10.3. The van der Waals surface area contributed by atoms with Crippen molar-refractivity contribution in [2.45, 2.75) is 4.90 Å². The van der Waals surface area contributed by atoms with Crippen molar-refractivity contribution in [1.29, 1.82) is 0 Å². The first-order valence-corrected chi connectivity index (χ1v) is 6.87. The van der Waals surface area contributed by atoms with Gasteiger partial charge in [0.2, 0.25) is 5.88 Å². The highest BCUT2D eigenvalue weighted by molar-refractivity contribution is 7.90. The highest BCUT2D eigenvalue weighted by Gasteiger charge is 2.07. The van der Waals surface area contributed by atoms with E-state index in [-0.39, 0.29) is 16.3 Å². The van der Waals surface area contributed by atoms with Crippen LogP contribution in [0.4, 0.5) is 0 Å². The van der Waals surface area contributed by atoms with Crippen LogP contribution >= 0.6 is 0 Å². The summed E-state index contributed by atoms with van der Waals surface area (Å²) in [6.07, 6.45) is 2.35. The minimum absolute atomic E-state index is 0.144. The number of benzene rings is 1. The molecule has 0 aliphatic carbocycles. The van der Waals surface area contributed by atoms with Crippen molar-refractivity contribution in [2.75, 3.05) is 6.26 Å². The minimum Gasteiger partial charge on any atom is -0.439 e. The van der Waals surface area contributed by atoms with Crippen molar-refractivity contribution in [1.82, 2.24) is 9.97 Å². The Morgan fingerprint density at radius 2 is 1.89 bits per heavy atom. The summed E-state index contributed by atoms with van der Waals surface area (Å²) in [7, 11) is -3.23. The molecule has 0 aliphatic heterocycles. The molecule has 0 atom stereocenters. The van der Waals surface area contributed by atoms with E-state index in [2.05, 4.69) is 9.97 Å². The Balaban J connectivity index is 2.24. The maximum absolute atomic E-state index is 11.2. The van der Waals surface area contributed by atoms with E-state index in [0.717, 1.165) is 6.26 Å². The highest BCUT2D eigenvalue weighted by Crippen LogP contribution is 2.20. The Morgan fingerprint density at radius 1 is 1.22 bits per heavy atom. The maximum atomic E-state index is 11.2. The molecule has 0 spiro atoms. The molecule has 1 N–H and O–H groups in total. The van der Waals surface area contributed by atoms with Gasteiger partial charge in [0.1, 0.15) is 5.75 Å². The highest BCUT2D eigenvalue weighted by atomic mass is 32.2. The third-order valence-electron chi connectivity index (χ3n) is 2.13. The third kappa shape index (κ3) is 2.95. The fraction of sp³-hybridized carbons (Fsp3) is 0.0909. The summed E-state index contributed by atoms with van der Waals surface area (Å²) < 4.78 is 27.8. The average Bonchev–Trinajstić information content (AvgIpc) is 2.28. The zero-order chi connectivity index (χ0) is 13.2. The van der Waals surface area contributed by atoms with Crippen molar-refractivity contribution in [3.63, 3.8) is 0 Å². The number of aromatic nitrogens is 2. The van der Waals surface area contributed by atoms with E-state index in [1.807, 2.05) is 0 Å². The number of hydrogen-bond acceptors (Lipinski definition) is 5. The number of sulfone groups is 1. The fourth-order valence-corrected chi connectivity index (χ4v) is 1.91. The molecule has 0 aliphatic rings. The number of hydrogen-bond donors (Lipinski definition) is 1. The zero-order valence-electron chi connectivity index (χ0n) is 9.45. The van der Waals surface area contributed by atoms with Crippen molar-refractivity contribution in [3.05, 3.63) is 47.0 Å². The molecule has 0 fully saturated rings. The Hall–Kier alpha value is -2.15. The molecule has 7 heteroatoms. The lowest BCUT2D eigenvalue weighted by Gasteiger charge is -2.04. The van der Waals surface area contributed by atoms with Gasteiger partial charge in [0, 0.05) is 6.26 Å². The maximum Gasteiger partial charge on any atom is 0.254 e. The van der Waals surface area contributed by atoms with Crippen LogP contribution in [-0.4, -0.2) is 24.6 Å². The van der Waals surface area contributed by atoms with E-state index in [4.69, 9.17) is 4.74 Å². The average molecular weight is 266 g/mol. The summed E-state index contributed by atoms with van der Waals surface area (Å²) >= 11 is 0. The van der Waals surface area contributed by atoms with Gasteiger partial charge in [-0.1, -0.05) is 0 Å². The van der Waals surface area contributed by atoms with Crippen molar-refractivity contribution >= 4 is 9.84 Å². The van der Waals surface area contributed by atoms with Gasteiger partial charge in [-0.05, 0) is 24.3 Å². The van der Waals surface area contributed by atoms with E-state index in [1.54, 1.807) is 0 Å². The minimum atomic E-state index is -3.23. The quantitative estimate of drug-likeness (QED) is 0.894. The van der Waals surface area contributed by atoms with E-state index < -0.39 is 9.84 Å². The van der Waals surface area contributed by atoms with Crippen molar-refractivity contribution in [2.24, 2.45) is 0 Å². The van der Waals surface area contributed by atoms with Gasteiger partial charge < -0.3 is 9.72 Å². The molecule has 2 aromatic rings. The van der Waals surface area contributed by atoms with Crippen molar-refractivity contribution in [3.8, 4) is 11.6 Å². The Morgan fingerprint density at radius 3 is 2.44 bits per heavy atom. The molecule has 2 rings (SSSR count). The van der Waals surface area contributed by atoms with Gasteiger partial charge in [-0.3, -0.25) is 4.79 Å². The molecule has 0 saturated carbocycles. The van der Waals surface area contributed by atoms with Crippen LogP contribution in [0.25, 0.3) is 0 Å². The van der Waals surface area contributed by atoms with Crippen LogP contribution in [0.1, 0.15) is 0 Å². The van der Waals surface area contributed by atoms with Gasteiger partial charge >= 0.3 is 0 Å². The lowest BCUT2D eigenvalue weighted by molar-refractivity contribution is 0.460. The topological polar surface area (TPSA) is 89.1 Å². The Labute approximate surface area is 103 Å². The first kappa shape index (κ1) is 12.3. The normalized spacial score (nSPS) is 11.2. The molecular formula is C11H10N2O4S. The molecular weight excluding hydrogens is 256 g/mol. The molecule has 0 saturated heterocycles. The Bertz CT molecular complexity index is 704. The van der Waals surface area contributed by atoms with Gasteiger partial charge in [0.25, 0.3) is 5.56 Å². The summed E-state index contributed by atoms with van der Waals surface area (Å²) in [5, 5.41) is 0. The van der Waals surface area contributed by atoms with Gasteiger partial charge in [-0.2, -0.15) is 0 Å². The summed E-state index contributed by atoms with van der Waals surface area (Å²) in [6, 6.07) is 7.05. The van der Waals surface area contributed by atoms with Gasteiger partial charge in [-0.15, -0.1) is 0 Å². The molecule has 0 bridgehead atoms. The van der Waals surface area contributed by atoms with Crippen LogP contribution in [0.3, 0.4) is 0 Å². The second-order valence-corrected chi connectivity index (χ2v) is 5.61. The Kier molecular flexibility index (Phi) is 3.15. The predicted octanol–water partition coefficient (Wildman–Crippen LogP) is 0.966. The van der Waals surface area contributed by atoms with Crippen LogP contribution < -0.4 is 10.3 Å². The molecule has 0 amide bonds. The molecule has 18 heavy (non-hydrogen) atoms. The summed E-state index contributed by atoms with van der Waals surface area (Å²) in [4.78, 5) is 17.4. The molecule has 0 radical (unpaired) electrons. The summed E-state index contributed by atoms with van der Waals surface area (Å²) in [5.41, 5.74) is -0.326. The summed E-state index contributed by atoms with van der Waals surface area (Å²) in [5.74, 6) is 0.548. The molecule has 94 valence electrons. The second kappa shape index (κ2) is 4.61. The monoisotopic (exact) mass is 266 g/mol. The molecule has 1 aromatic carbocycles. The van der Waals surface area contributed by atoms with Gasteiger partial charge in [0.15, 0.2) is 9.84 Å². The van der Waals surface area contributed by atoms with E-state index in [0.29, 0.717) is 5.75 Å². The smallest absolute Gasteiger partial charge is 0.254 e. The van der Waals surface area contributed by atoms with Gasteiger partial charge in [-0.25, -0.2) is 13.4 Å². The van der Waals surface area contributed by atoms with E-state index in [9.17, 15) is 13.2 Å². The number of H-pyrrole nitrogens is 1. The fourth-order valence-electron chi connectivity index (χ4n) is 1.28. The van der Waals surface area contributed by atoms with Gasteiger partial charge in [0.05, 0.1) is 17.3 Å².